The molecule has 5 heteroatoms. The van der Waals surface area contributed by atoms with Crippen molar-refractivity contribution < 1.29 is 19.9 Å². The first kappa shape index (κ1) is 9.21. The van der Waals surface area contributed by atoms with Crippen molar-refractivity contribution in [2.45, 2.75) is 19.3 Å². The van der Waals surface area contributed by atoms with Gasteiger partial charge in [-0.2, -0.15) is 0 Å². The monoisotopic (exact) mass is 197 g/mol. The van der Waals surface area contributed by atoms with Crippen molar-refractivity contribution in [3.63, 3.8) is 0 Å². The van der Waals surface area contributed by atoms with Crippen molar-refractivity contribution in [2.24, 2.45) is 11.3 Å². The molecule has 3 N–H and O–H groups in total. The Balaban J connectivity index is 2.39. The number of fused-ring (bicyclic) bond motifs is 2. The standard InChI is InChI=1S/C9H11NO4/c11-7(12)6-3-5-1-2-9(6,4-5)8(13)10-14/h3,5,14H,1-2,4H2,(H,10,13)(H,11,12). The predicted octanol–water partition coefficient (Wildman–Crippen LogP) is 0.303. The van der Waals surface area contributed by atoms with E-state index < -0.39 is 17.3 Å². The summed E-state index contributed by atoms with van der Waals surface area (Å²) in [5, 5.41) is 17.5. The number of hydroxylamine groups is 1. The van der Waals surface area contributed by atoms with E-state index in [4.69, 9.17) is 10.3 Å². The number of carboxylic acids is 1. The van der Waals surface area contributed by atoms with Crippen LogP contribution in [0.1, 0.15) is 19.3 Å². The number of aliphatic carboxylic acids is 1. The summed E-state index contributed by atoms with van der Waals surface area (Å²) < 4.78 is 0. The lowest BCUT2D eigenvalue weighted by molar-refractivity contribution is -0.142. The van der Waals surface area contributed by atoms with Crippen LogP contribution in [0, 0.1) is 11.3 Å². The number of hydrogen-bond acceptors (Lipinski definition) is 3. The molecule has 0 spiro atoms. The van der Waals surface area contributed by atoms with Crippen LogP contribution >= 0.6 is 0 Å². The molecular formula is C9H11NO4. The van der Waals surface area contributed by atoms with Crippen molar-refractivity contribution in [1.82, 2.24) is 5.48 Å². The Morgan fingerprint density at radius 3 is 2.79 bits per heavy atom. The van der Waals surface area contributed by atoms with E-state index >= 15 is 0 Å². The highest BCUT2D eigenvalue weighted by atomic mass is 16.5. The van der Waals surface area contributed by atoms with Crippen LogP contribution in [0.4, 0.5) is 0 Å². The molecule has 2 rings (SSSR count). The van der Waals surface area contributed by atoms with Gasteiger partial charge in [-0.1, -0.05) is 6.08 Å². The summed E-state index contributed by atoms with van der Waals surface area (Å²) in [5.41, 5.74) is 0.725. The zero-order chi connectivity index (χ0) is 10.3. The van der Waals surface area contributed by atoms with Gasteiger partial charge in [-0.05, 0) is 25.2 Å². The van der Waals surface area contributed by atoms with Crippen LogP contribution in [0.2, 0.25) is 0 Å². The first-order chi connectivity index (χ1) is 6.60. The fraction of sp³-hybridized carbons (Fsp3) is 0.556. The zero-order valence-corrected chi connectivity index (χ0v) is 7.49. The van der Waals surface area contributed by atoms with Crippen molar-refractivity contribution in [3.8, 4) is 0 Å². The molecule has 0 aromatic heterocycles. The number of allylic oxidation sites excluding steroid dienone is 1. The zero-order valence-electron chi connectivity index (χ0n) is 7.49. The highest BCUT2D eigenvalue weighted by molar-refractivity contribution is 6.00. The van der Waals surface area contributed by atoms with Crippen LogP contribution in [-0.4, -0.2) is 22.2 Å². The summed E-state index contributed by atoms with van der Waals surface area (Å²) >= 11 is 0. The molecule has 2 aliphatic carbocycles. The van der Waals surface area contributed by atoms with Crippen LogP contribution in [0.25, 0.3) is 0 Å². The number of nitrogens with one attached hydrogen (secondary N) is 1. The average Bonchev–Trinajstić information content (AvgIpc) is 2.74. The smallest absolute Gasteiger partial charge is 0.332 e. The quantitative estimate of drug-likeness (QED) is 0.439. The van der Waals surface area contributed by atoms with Gasteiger partial charge in [0.25, 0.3) is 5.91 Å². The lowest BCUT2D eigenvalue weighted by atomic mass is 9.79. The third kappa shape index (κ3) is 0.988. The van der Waals surface area contributed by atoms with Crippen LogP contribution in [0.5, 0.6) is 0 Å². The lowest BCUT2D eigenvalue weighted by Gasteiger charge is -2.24. The minimum Gasteiger partial charge on any atom is -0.478 e. The molecule has 0 aromatic carbocycles. The lowest BCUT2D eigenvalue weighted by Crippen LogP contribution is -2.40. The molecule has 0 saturated heterocycles. The third-order valence-corrected chi connectivity index (χ3v) is 3.24. The second kappa shape index (κ2) is 2.81. The Morgan fingerprint density at radius 2 is 2.29 bits per heavy atom. The average molecular weight is 197 g/mol. The number of amides is 1. The molecule has 0 radical (unpaired) electrons. The summed E-state index contributed by atoms with van der Waals surface area (Å²) in [7, 11) is 0. The molecule has 0 aliphatic heterocycles. The Hall–Kier alpha value is -1.36. The Labute approximate surface area is 80.4 Å². The maximum absolute atomic E-state index is 11.4. The maximum atomic E-state index is 11.4. The van der Waals surface area contributed by atoms with Gasteiger partial charge < -0.3 is 5.11 Å². The van der Waals surface area contributed by atoms with Gasteiger partial charge >= 0.3 is 5.97 Å². The number of hydrogen-bond donors (Lipinski definition) is 3. The van der Waals surface area contributed by atoms with Crippen LogP contribution < -0.4 is 5.48 Å². The van der Waals surface area contributed by atoms with E-state index in [-0.39, 0.29) is 11.5 Å². The number of rotatable bonds is 2. The molecule has 2 aliphatic rings. The molecule has 1 fully saturated rings. The summed E-state index contributed by atoms with van der Waals surface area (Å²) in [6.07, 6.45) is 3.49. The fourth-order valence-electron chi connectivity index (χ4n) is 2.58. The van der Waals surface area contributed by atoms with Crippen molar-refractivity contribution in [1.29, 1.82) is 0 Å². The van der Waals surface area contributed by atoms with E-state index in [1.165, 1.54) is 0 Å². The minimum absolute atomic E-state index is 0.139. The fourth-order valence-corrected chi connectivity index (χ4v) is 2.58. The van der Waals surface area contributed by atoms with Gasteiger partial charge in [0.05, 0.1) is 5.41 Å². The largest absolute Gasteiger partial charge is 0.478 e. The first-order valence-corrected chi connectivity index (χ1v) is 4.50. The molecule has 2 unspecified atom stereocenters. The molecule has 2 atom stereocenters. The highest BCUT2D eigenvalue weighted by Crippen LogP contribution is 2.53. The van der Waals surface area contributed by atoms with E-state index in [0.29, 0.717) is 12.8 Å². The van der Waals surface area contributed by atoms with Gasteiger partial charge in [0.1, 0.15) is 0 Å². The second-order valence-electron chi connectivity index (χ2n) is 3.91. The molecule has 14 heavy (non-hydrogen) atoms. The van der Waals surface area contributed by atoms with Crippen LogP contribution in [0.15, 0.2) is 11.6 Å². The van der Waals surface area contributed by atoms with Crippen molar-refractivity contribution in [3.05, 3.63) is 11.6 Å². The van der Waals surface area contributed by atoms with E-state index in [1.54, 1.807) is 11.6 Å². The Morgan fingerprint density at radius 1 is 1.57 bits per heavy atom. The van der Waals surface area contributed by atoms with E-state index in [0.717, 1.165) is 6.42 Å². The van der Waals surface area contributed by atoms with Gasteiger partial charge in [-0.15, -0.1) is 0 Å². The predicted molar refractivity (Wildman–Crippen MR) is 45.4 cm³/mol. The summed E-state index contributed by atoms with van der Waals surface area (Å²) in [6.45, 7) is 0. The number of carbonyl (C=O) groups excluding carboxylic acids is 1. The number of carbonyl (C=O) groups is 2. The number of carboxylic acid groups (broad SMARTS) is 1. The maximum Gasteiger partial charge on any atom is 0.332 e. The summed E-state index contributed by atoms with van der Waals surface area (Å²) in [5.74, 6) is -1.47. The van der Waals surface area contributed by atoms with E-state index in [2.05, 4.69) is 0 Å². The first-order valence-electron chi connectivity index (χ1n) is 4.50. The van der Waals surface area contributed by atoms with Crippen molar-refractivity contribution in [2.75, 3.05) is 0 Å². The molecule has 76 valence electrons. The van der Waals surface area contributed by atoms with E-state index in [9.17, 15) is 9.59 Å². The van der Waals surface area contributed by atoms with E-state index in [1.807, 2.05) is 0 Å². The SMILES string of the molecule is O=C(O)C1=CC2CCC1(C(=O)NO)C2. The second-order valence-corrected chi connectivity index (χ2v) is 3.91. The minimum atomic E-state index is -1.06. The normalized spacial score (nSPS) is 34.1. The summed E-state index contributed by atoms with van der Waals surface area (Å²) in [4.78, 5) is 22.3. The molecule has 5 nitrogen and oxygen atoms in total. The van der Waals surface area contributed by atoms with Gasteiger partial charge in [0.15, 0.2) is 0 Å². The Kier molecular flexibility index (Phi) is 1.85. The van der Waals surface area contributed by atoms with Gasteiger partial charge in [0, 0.05) is 5.57 Å². The van der Waals surface area contributed by atoms with Crippen molar-refractivity contribution >= 4 is 11.9 Å². The highest BCUT2D eigenvalue weighted by Gasteiger charge is 2.54. The molecular weight excluding hydrogens is 186 g/mol. The summed E-state index contributed by atoms with van der Waals surface area (Å²) in [6, 6.07) is 0. The molecule has 2 bridgehead atoms. The Bertz CT molecular complexity index is 336. The molecule has 0 heterocycles. The van der Waals surface area contributed by atoms with Gasteiger partial charge in [0.2, 0.25) is 0 Å². The molecule has 1 amide bonds. The third-order valence-electron chi connectivity index (χ3n) is 3.24. The molecule has 0 aromatic rings. The van der Waals surface area contributed by atoms with Gasteiger partial charge in [-0.3, -0.25) is 10.0 Å². The van der Waals surface area contributed by atoms with Crippen LogP contribution in [0.3, 0.4) is 0 Å². The van der Waals surface area contributed by atoms with Crippen LogP contribution in [-0.2, 0) is 9.59 Å². The van der Waals surface area contributed by atoms with Gasteiger partial charge in [-0.25, -0.2) is 10.3 Å². The molecule has 1 saturated carbocycles. The topological polar surface area (TPSA) is 86.6 Å².